The highest BCUT2D eigenvalue weighted by molar-refractivity contribution is 7.99. The maximum absolute atomic E-state index is 13.0. The summed E-state index contributed by atoms with van der Waals surface area (Å²) in [6.07, 6.45) is 1.12. The van der Waals surface area contributed by atoms with Gasteiger partial charge < -0.3 is 14.8 Å². The molecule has 1 amide bonds. The Morgan fingerprint density at radius 2 is 2.03 bits per heavy atom. The third kappa shape index (κ3) is 4.48. The van der Waals surface area contributed by atoms with Gasteiger partial charge in [0.15, 0.2) is 0 Å². The van der Waals surface area contributed by atoms with Crippen LogP contribution in [0.4, 0.5) is 0 Å². The summed E-state index contributed by atoms with van der Waals surface area (Å²) in [6, 6.07) is 10.0. The van der Waals surface area contributed by atoms with E-state index < -0.39 is 0 Å². The number of benzene rings is 1. The topological polar surface area (TPSA) is 50.8 Å². The zero-order valence-electron chi connectivity index (χ0n) is 17.0. The molecule has 0 bridgehead atoms. The number of carbonyl (C=O) groups is 1. The number of nitrogens with one attached hydrogen (secondary N) is 1. The summed E-state index contributed by atoms with van der Waals surface area (Å²) >= 11 is 3.55. The summed E-state index contributed by atoms with van der Waals surface area (Å²) in [5.41, 5.74) is 2.28. The Kier molecular flexibility index (Phi) is 6.49. The minimum Gasteiger partial charge on any atom is -0.497 e. The van der Waals surface area contributed by atoms with Crippen molar-refractivity contribution in [3.63, 3.8) is 0 Å². The van der Waals surface area contributed by atoms with Gasteiger partial charge in [-0.25, -0.2) is 0 Å². The van der Waals surface area contributed by atoms with E-state index in [2.05, 4.69) is 17.1 Å². The van der Waals surface area contributed by atoms with Crippen molar-refractivity contribution in [3.8, 4) is 16.9 Å². The van der Waals surface area contributed by atoms with Crippen LogP contribution in [0, 0.1) is 6.92 Å². The van der Waals surface area contributed by atoms with Crippen molar-refractivity contribution in [2.75, 3.05) is 51.5 Å². The number of aryl methyl sites for hydroxylation is 1. The minimum absolute atomic E-state index is 0.0300. The molecule has 1 aromatic heterocycles. The number of amides is 1. The van der Waals surface area contributed by atoms with Crippen LogP contribution in [0.5, 0.6) is 5.75 Å². The lowest BCUT2D eigenvalue weighted by Crippen LogP contribution is -2.59. The van der Waals surface area contributed by atoms with Gasteiger partial charge in [0.2, 0.25) is 0 Å². The Labute approximate surface area is 180 Å². The number of hydrogen-bond acceptors (Lipinski definition) is 6. The lowest BCUT2D eigenvalue weighted by atomic mass is 9.95. The number of rotatable bonds is 6. The molecule has 5 nitrogen and oxygen atoms in total. The Hall–Kier alpha value is -1.54. The zero-order chi connectivity index (χ0) is 20.3. The maximum Gasteiger partial charge on any atom is 0.261 e. The van der Waals surface area contributed by atoms with Crippen LogP contribution in [-0.4, -0.2) is 67.8 Å². The van der Waals surface area contributed by atoms with Crippen LogP contribution in [0.25, 0.3) is 11.1 Å². The fourth-order valence-electron chi connectivity index (χ4n) is 4.12. The van der Waals surface area contributed by atoms with Crippen LogP contribution in [0.1, 0.15) is 21.0 Å². The predicted molar refractivity (Wildman–Crippen MR) is 120 cm³/mol. The number of hydrogen-bond donors (Lipinski definition) is 1. The van der Waals surface area contributed by atoms with E-state index in [-0.39, 0.29) is 11.4 Å². The number of nitrogens with zero attached hydrogens (tertiary/aromatic N) is 1. The lowest BCUT2D eigenvalue weighted by molar-refractivity contribution is -0.0129. The van der Waals surface area contributed by atoms with Gasteiger partial charge in [0, 0.05) is 35.8 Å². The van der Waals surface area contributed by atoms with Crippen LogP contribution in [0.15, 0.2) is 30.3 Å². The van der Waals surface area contributed by atoms with Crippen molar-refractivity contribution in [1.82, 2.24) is 10.2 Å². The van der Waals surface area contributed by atoms with Crippen LogP contribution in [0.3, 0.4) is 0 Å². The van der Waals surface area contributed by atoms with E-state index in [0.29, 0.717) is 6.54 Å². The molecule has 1 atom stereocenters. The van der Waals surface area contributed by atoms with E-state index in [0.717, 1.165) is 70.9 Å². The van der Waals surface area contributed by atoms with Gasteiger partial charge in [-0.15, -0.1) is 11.3 Å². The van der Waals surface area contributed by atoms with E-state index in [4.69, 9.17) is 9.47 Å². The summed E-state index contributed by atoms with van der Waals surface area (Å²) in [4.78, 5) is 17.4. The first-order valence-corrected chi connectivity index (χ1v) is 12.0. The predicted octanol–water partition coefficient (Wildman–Crippen LogP) is 3.67. The van der Waals surface area contributed by atoms with Crippen molar-refractivity contribution in [3.05, 3.63) is 40.1 Å². The van der Waals surface area contributed by atoms with Gasteiger partial charge >= 0.3 is 0 Å². The summed E-state index contributed by atoms with van der Waals surface area (Å²) in [5, 5.41) is 3.24. The van der Waals surface area contributed by atoms with Gasteiger partial charge in [-0.2, -0.15) is 11.8 Å². The molecule has 1 N–H and O–H groups in total. The van der Waals surface area contributed by atoms with Crippen LogP contribution < -0.4 is 10.1 Å². The molecule has 7 heteroatoms. The molecule has 2 fully saturated rings. The molecule has 0 spiro atoms. The fourth-order valence-corrected chi connectivity index (χ4v) is 6.55. The molecule has 2 saturated heterocycles. The number of ether oxygens (including phenoxy) is 2. The third-order valence-electron chi connectivity index (χ3n) is 5.88. The second-order valence-corrected chi connectivity index (χ2v) is 9.98. The molecule has 0 aliphatic carbocycles. The van der Waals surface area contributed by atoms with Crippen LogP contribution in [0.2, 0.25) is 0 Å². The molecule has 4 rings (SSSR count). The van der Waals surface area contributed by atoms with Crippen molar-refractivity contribution < 1.29 is 14.3 Å². The second kappa shape index (κ2) is 9.08. The highest BCUT2D eigenvalue weighted by Crippen LogP contribution is 2.35. The highest BCUT2D eigenvalue weighted by atomic mass is 32.2. The standard InChI is InChI=1S/C22H28N2O3S2/c1-16-19(17-3-5-18(26-2)6-4-17)13-20(29-16)21(25)23-14-22(7-12-28-15-22)24-8-10-27-11-9-24/h3-6,13H,7-12,14-15H2,1-2H3,(H,23,25). The zero-order valence-corrected chi connectivity index (χ0v) is 18.7. The molecule has 1 aromatic carbocycles. The van der Waals surface area contributed by atoms with Crippen molar-refractivity contribution in [2.24, 2.45) is 0 Å². The Balaban J connectivity index is 1.45. The molecule has 0 radical (unpaired) electrons. The van der Waals surface area contributed by atoms with Gasteiger partial charge in [-0.1, -0.05) is 12.1 Å². The molecule has 1 unspecified atom stereocenters. The lowest BCUT2D eigenvalue weighted by Gasteiger charge is -2.43. The SMILES string of the molecule is COc1ccc(-c2cc(C(=O)NCC3(N4CCOCC4)CCSC3)sc2C)cc1. The van der Waals surface area contributed by atoms with E-state index >= 15 is 0 Å². The van der Waals surface area contributed by atoms with Gasteiger partial charge in [-0.3, -0.25) is 9.69 Å². The molecule has 2 aliphatic rings. The minimum atomic E-state index is 0.0300. The van der Waals surface area contributed by atoms with Crippen molar-refractivity contribution in [1.29, 1.82) is 0 Å². The smallest absolute Gasteiger partial charge is 0.261 e. The monoisotopic (exact) mass is 432 g/mol. The fraction of sp³-hybridized carbons (Fsp3) is 0.500. The van der Waals surface area contributed by atoms with Gasteiger partial charge in [0.05, 0.1) is 25.2 Å². The Bertz CT molecular complexity index is 838. The number of carbonyl (C=O) groups excluding carboxylic acids is 1. The van der Waals surface area contributed by atoms with Gasteiger partial charge in [-0.05, 0) is 48.4 Å². The first-order valence-electron chi connectivity index (χ1n) is 10.0. The molecule has 3 heterocycles. The first-order chi connectivity index (χ1) is 14.1. The normalized spacial score (nSPS) is 22.6. The molecule has 156 valence electrons. The molecule has 2 aliphatic heterocycles. The summed E-state index contributed by atoms with van der Waals surface area (Å²) < 4.78 is 10.8. The van der Waals surface area contributed by atoms with Crippen molar-refractivity contribution in [2.45, 2.75) is 18.9 Å². The second-order valence-electron chi connectivity index (χ2n) is 7.62. The van der Waals surface area contributed by atoms with Crippen LogP contribution >= 0.6 is 23.1 Å². The first kappa shape index (κ1) is 20.7. The maximum atomic E-state index is 13.0. The van der Waals surface area contributed by atoms with Crippen LogP contribution in [-0.2, 0) is 4.74 Å². The molecular weight excluding hydrogens is 404 g/mol. The highest BCUT2D eigenvalue weighted by Gasteiger charge is 2.41. The van der Waals surface area contributed by atoms with E-state index in [1.165, 1.54) is 0 Å². The molecular formula is C22H28N2O3S2. The van der Waals surface area contributed by atoms with Gasteiger partial charge in [0.25, 0.3) is 5.91 Å². The molecule has 0 saturated carbocycles. The van der Waals surface area contributed by atoms with E-state index in [1.54, 1.807) is 18.4 Å². The van der Waals surface area contributed by atoms with Gasteiger partial charge in [0.1, 0.15) is 5.75 Å². The van der Waals surface area contributed by atoms with E-state index in [1.807, 2.05) is 42.1 Å². The summed E-state index contributed by atoms with van der Waals surface area (Å²) in [7, 11) is 1.67. The quantitative estimate of drug-likeness (QED) is 0.755. The summed E-state index contributed by atoms with van der Waals surface area (Å²) in [5.74, 6) is 3.10. The number of morpholine rings is 1. The van der Waals surface area contributed by atoms with E-state index in [9.17, 15) is 4.79 Å². The average Bonchev–Trinajstić information content (AvgIpc) is 3.40. The molecule has 2 aromatic rings. The number of thiophene rings is 1. The number of methoxy groups -OCH3 is 1. The molecule has 29 heavy (non-hydrogen) atoms. The largest absolute Gasteiger partial charge is 0.497 e. The van der Waals surface area contributed by atoms with Crippen molar-refractivity contribution >= 4 is 29.0 Å². The Morgan fingerprint density at radius 3 is 2.69 bits per heavy atom. The third-order valence-corrected chi connectivity index (χ3v) is 8.17. The average molecular weight is 433 g/mol. The number of thioether (sulfide) groups is 1. The Morgan fingerprint density at radius 1 is 1.28 bits per heavy atom. The summed E-state index contributed by atoms with van der Waals surface area (Å²) in [6.45, 7) is 6.26.